The lowest BCUT2D eigenvalue weighted by atomic mass is 9.97. The van der Waals surface area contributed by atoms with Gasteiger partial charge in [0.1, 0.15) is 0 Å². The van der Waals surface area contributed by atoms with Crippen molar-refractivity contribution in [3.63, 3.8) is 0 Å². The minimum absolute atomic E-state index is 0.152. The van der Waals surface area contributed by atoms with Crippen LogP contribution in [0.25, 0.3) is 0 Å². The molecule has 1 heterocycles. The summed E-state index contributed by atoms with van der Waals surface area (Å²) in [6, 6.07) is 21.8. The van der Waals surface area contributed by atoms with Crippen LogP contribution in [-0.2, 0) is 0 Å². The molecule has 3 aromatic carbocycles. The van der Waals surface area contributed by atoms with Gasteiger partial charge in [0.2, 0.25) is 0 Å². The predicted molar refractivity (Wildman–Crippen MR) is 143 cm³/mol. The highest BCUT2D eigenvalue weighted by Gasteiger charge is 2.23. The number of amides is 3. The molecule has 0 aliphatic carbocycles. The third-order valence-electron chi connectivity index (χ3n) is 6.35. The molecule has 1 fully saturated rings. The SMILES string of the molecule is CC1CCN(c2ccc(NC(=O)Nc3cccc(Cl)c3)cc2C(=O)NC(C)c2ccccc2)CC1. The maximum atomic E-state index is 13.4. The third-order valence-corrected chi connectivity index (χ3v) is 6.59. The fraction of sp³-hybridized carbons (Fsp3) is 0.286. The zero-order valence-corrected chi connectivity index (χ0v) is 20.8. The number of anilines is 3. The zero-order chi connectivity index (χ0) is 24.8. The number of carbonyl (C=O) groups excluding carboxylic acids is 2. The van der Waals surface area contributed by atoms with Crippen LogP contribution in [0.15, 0.2) is 72.8 Å². The number of nitrogens with one attached hydrogen (secondary N) is 3. The van der Waals surface area contributed by atoms with Gasteiger partial charge in [-0.3, -0.25) is 4.79 Å². The molecule has 6 nitrogen and oxygen atoms in total. The first-order valence-corrected chi connectivity index (χ1v) is 12.3. The molecule has 35 heavy (non-hydrogen) atoms. The Bertz CT molecular complexity index is 1180. The maximum Gasteiger partial charge on any atom is 0.323 e. The van der Waals surface area contributed by atoms with Crippen LogP contribution in [0.5, 0.6) is 0 Å². The number of hydrogen-bond donors (Lipinski definition) is 3. The van der Waals surface area contributed by atoms with Crippen LogP contribution in [0.2, 0.25) is 5.02 Å². The standard InChI is InChI=1S/C28H31ClN4O2/c1-19-13-15-33(16-14-19)26-12-11-24(32-28(35)31-23-10-6-9-22(29)17-23)18-25(26)27(34)30-20(2)21-7-4-3-5-8-21/h3-12,17-20H,13-16H2,1-2H3,(H,30,34)(H2,31,32,35). The first-order chi connectivity index (χ1) is 16.9. The molecule has 4 rings (SSSR count). The Morgan fingerprint density at radius 1 is 0.914 bits per heavy atom. The van der Waals surface area contributed by atoms with Crippen LogP contribution < -0.4 is 20.9 Å². The highest BCUT2D eigenvalue weighted by atomic mass is 35.5. The Balaban J connectivity index is 1.55. The van der Waals surface area contributed by atoms with E-state index in [-0.39, 0.29) is 11.9 Å². The van der Waals surface area contributed by atoms with Gasteiger partial charge in [0.15, 0.2) is 0 Å². The number of benzene rings is 3. The summed E-state index contributed by atoms with van der Waals surface area (Å²) in [4.78, 5) is 28.3. The summed E-state index contributed by atoms with van der Waals surface area (Å²) < 4.78 is 0. The highest BCUT2D eigenvalue weighted by Crippen LogP contribution is 2.29. The summed E-state index contributed by atoms with van der Waals surface area (Å²) >= 11 is 6.01. The lowest BCUT2D eigenvalue weighted by Crippen LogP contribution is -2.35. The largest absolute Gasteiger partial charge is 0.371 e. The van der Waals surface area contributed by atoms with Crippen LogP contribution in [0.1, 0.15) is 48.7 Å². The van der Waals surface area contributed by atoms with Gasteiger partial charge in [0.25, 0.3) is 5.91 Å². The summed E-state index contributed by atoms with van der Waals surface area (Å²) in [6.45, 7) is 6.03. The Morgan fingerprint density at radius 2 is 1.60 bits per heavy atom. The van der Waals surface area contributed by atoms with Crippen molar-refractivity contribution in [1.29, 1.82) is 0 Å². The average Bonchev–Trinajstić information content (AvgIpc) is 2.85. The lowest BCUT2D eigenvalue weighted by Gasteiger charge is -2.33. The minimum atomic E-state index is -0.407. The molecular formula is C28H31ClN4O2. The molecule has 7 heteroatoms. The molecule has 0 saturated carbocycles. The molecule has 0 aromatic heterocycles. The van der Waals surface area contributed by atoms with Gasteiger partial charge in [-0.15, -0.1) is 0 Å². The van der Waals surface area contributed by atoms with E-state index in [1.165, 1.54) is 0 Å². The molecule has 0 radical (unpaired) electrons. The van der Waals surface area contributed by atoms with Crippen molar-refractivity contribution in [2.75, 3.05) is 28.6 Å². The number of halogens is 1. The molecule has 1 unspecified atom stereocenters. The molecule has 0 bridgehead atoms. The Kier molecular flexibility index (Phi) is 7.93. The van der Waals surface area contributed by atoms with Crippen LogP contribution in [-0.4, -0.2) is 25.0 Å². The smallest absolute Gasteiger partial charge is 0.323 e. The molecule has 1 saturated heterocycles. The van der Waals surface area contributed by atoms with Crippen molar-refractivity contribution in [2.45, 2.75) is 32.7 Å². The summed E-state index contributed by atoms with van der Waals surface area (Å²) in [7, 11) is 0. The van der Waals surface area contributed by atoms with E-state index in [0.29, 0.717) is 27.9 Å². The highest BCUT2D eigenvalue weighted by molar-refractivity contribution is 6.30. The Morgan fingerprint density at radius 3 is 2.29 bits per heavy atom. The topological polar surface area (TPSA) is 73.5 Å². The van der Waals surface area contributed by atoms with Crippen molar-refractivity contribution >= 4 is 40.6 Å². The molecule has 3 aromatic rings. The summed E-state index contributed by atoms with van der Waals surface area (Å²) in [5.74, 6) is 0.506. The van der Waals surface area contributed by atoms with Crippen molar-refractivity contribution < 1.29 is 9.59 Å². The number of rotatable bonds is 6. The van der Waals surface area contributed by atoms with Gasteiger partial charge in [0.05, 0.1) is 11.6 Å². The van der Waals surface area contributed by atoms with Gasteiger partial charge in [0, 0.05) is 35.2 Å². The second kappa shape index (κ2) is 11.3. The third kappa shape index (κ3) is 6.55. The molecule has 3 amide bonds. The van der Waals surface area contributed by atoms with Gasteiger partial charge >= 0.3 is 6.03 Å². The number of urea groups is 1. The second-order valence-corrected chi connectivity index (χ2v) is 9.53. The van der Waals surface area contributed by atoms with Crippen molar-refractivity contribution in [3.05, 3.63) is 88.9 Å². The normalized spacial score (nSPS) is 14.8. The maximum absolute atomic E-state index is 13.4. The van der Waals surface area contributed by atoms with E-state index in [4.69, 9.17) is 11.6 Å². The van der Waals surface area contributed by atoms with E-state index in [1.54, 1.807) is 30.3 Å². The van der Waals surface area contributed by atoms with Crippen LogP contribution in [0, 0.1) is 5.92 Å². The van der Waals surface area contributed by atoms with Gasteiger partial charge in [-0.1, -0.05) is 54.9 Å². The number of piperidine rings is 1. The van der Waals surface area contributed by atoms with E-state index >= 15 is 0 Å². The van der Waals surface area contributed by atoms with Crippen LogP contribution in [0.3, 0.4) is 0 Å². The van der Waals surface area contributed by atoms with E-state index in [2.05, 4.69) is 27.8 Å². The first kappa shape index (κ1) is 24.6. The molecule has 1 aliphatic rings. The van der Waals surface area contributed by atoms with Crippen molar-refractivity contribution in [1.82, 2.24) is 5.32 Å². The van der Waals surface area contributed by atoms with Crippen LogP contribution in [0.4, 0.5) is 21.9 Å². The molecule has 182 valence electrons. The fourth-order valence-electron chi connectivity index (χ4n) is 4.28. The summed E-state index contributed by atoms with van der Waals surface area (Å²) in [5.41, 5.74) is 3.59. The Labute approximate surface area is 211 Å². The molecular weight excluding hydrogens is 460 g/mol. The lowest BCUT2D eigenvalue weighted by molar-refractivity contribution is 0.0940. The number of nitrogens with zero attached hydrogens (tertiary/aromatic N) is 1. The van der Waals surface area contributed by atoms with Crippen molar-refractivity contribution in [2.24, 2.45) is 5.92 Å². The van der Waals surface area contributed by atoms with Gasteiger partial charge in [-0.25, -0.2) is 4.79 Å². The van der Waals surface area contributed by atoms with Gasteiger partial charge in [-0.05, 0) is 67.6 Å². The summed E-state index contributed by atoms with van der Waals surface area (Å²) in [6.07, 6.45) is 2.17. The van der Waals surface area contributed by atoms with E-state index in [1.807, 2.05) is 49.4 Å². The Hall–Kier alpha value is -3.51. The first-order valence-electron chi connectivity index (χ1n) is 12.0. The molecule has 1 atom stereocenters. The molecule has 1 aliphatic heterocycles. The molecule has 0 spiro atoms. The van der Waals surface area contributed by atoms with Crippen LogP contribution >= 0.6 is 11.6 Å². The van der Waals surface area contributed by atoms with Gasteiger partial charge in [-0.2, -0.15) is 0 Å². The number of carbonyl (C=O) groups is 2. The average molecular weight is 491 g/mol. The second-order valence-electron chi connectivity index (χ2n) is 9.10. The predicted octanol–water partition coefficient (Wildman–Crippen LogP) is 6.71. The number of hydrogen-bond acceptors (Lipinski definition) is 3. The summed E-state index contributed by atoms with van der Waals surface area (Å²) in [5, 5.41) is 9.26. The van der Waals surface area contributed by atoms with E-state index in [9.17, 15) is 9.59 Å². The molecule has 3 N–H and O–H groups in total. The zero-order valence-electron chi connectivity index (χ0n) is 20.1. The minimum Gasteiger partial charge on any atom is -0.371 e. The van der Waals surface area contributed by atoms with Crippen molar-refractivity contribution in [3.8, 4) is 0 Å². The quantitative estimate of drug-likeness (QED) is 0.359. The van der Waals surface area contributed by atoms with E-state index < -0.39 is 6.03 Å². The van der Waals surface area contributed by atoms with E-state index in [0.717, 1.165) is 37.2 Å². The van der Waals surface area contributed by atoms with Gasteiger partial charge < -0.3 is 20.9 Å². The fourth-order valence-corrected chi connectivity index (χ4v) is 4.47. The monoisotopic (exact) mass is 490 g/mol.